The standard InChI is InChI=1S/C12H18N4/c1-9(2)5-7-16(3)12-11(14)10(8-13)4-6-15-12/h4,6,9H,5,7,14H2,1-3H3. The molecule has 4 heteroatoms. The summed E-state index contributed by atoms with van der Waals surface area (Å²) in [7, 11) is 1.95. The number of hydrogen-bond donors (Lipinski definition) is 1. The summed E-state index contributed by atoms with van der Waals surface area (Å²) >= 11 is 0. The second-order valence-electron chi connectivity index (χ2n) is 4.31. The van der Waals surface area contributed by atoms with Crippen LogP contribution in [-0.2, 0) is 0 Å². The van der Waals surface area contributed by atoms with Gasteiger partial charge in [0.1, 0.15) is 6.07 Å². The highest BCUT2D eigenvalue weighted by Gasteiger charge is 2.10. The molecule has 4 nitrogen and oxygen atoms in total. The van der Waals surface area contributed by atoms with Gasteiger partial charge in [-0.25, -0.2) is 4.98 Å². The first-order valence-corrected chi connectivity index (χ1v) is 5.42. The Kier molecular flexibility index (Phi) is 4.12. The van der Waals surface area contributed by atoms with Crippen molar-refractivity contribution in [2.45, 2.75) is 20.3 Å². The van der Waals surface area contributed by atoms with Crippen LogP contribution in [0.25, 0.3) is 0 Å². The molecule has 0 aliphatic carbocycles. The van der Waals surface area contributed by atoms with Gasteiger partial charge in [-0.1, -0.05) is 13.8 Å². The molecule has 0 aliphatic heterocycles. The maximum Gasteiger partial charge on any atom is 0.152 e. The molecule has 0 bridgehead atoms. The van der Waals surface area contributed by atoms with E-state index in [1.54, 1.807) is 12.3 Å². The average Bonchev–Trinajstić information content (AvgIpc) is 2.26. The minimum Gasteiger partial charge on any atom is -0.395 e. The highest BCUT2D eigenvalue weighted by Crippen LogP contribution is 2.22. The number of pyridine rings is 1. The van der Waals surface area contributed by atoms with Crippen molar-refractivity contribution in [1.29, 1.82) is 5.26 Å². The third-order valence-corrected chi connectivity index (χ3v) is 2.49. The van der Waals surface area contributed by atoms with E-state index in [0.717, 1.165) is 13.0 Å². The van der Waals surface area contributed by atoms with Gasteiger partial charge in [0.2, 0.25) is 0 Å². The molecule has 1 aromatic heterocycles. The molecule has 86 valence electrons. The number of hydrogen-bond acceptors (Lipinski definition) is 4. The van der Waals surface area contributed by atoms with Crippen LogP contribution < -0.4 is 10.6 Å². The first kappa shape index (κ1) is 12.3. The minimum absolute atomic E-state index is 0.469. The van der Waals surface area contributed by atoms with Crippen molar-refractivity contribution in [2.75, 3.05) is 24.2 Å². The molecular weight excluding hydrogens is 200 g/mol. The molecule has 0 saturated heterocycles. The summed E-state index contributed by atoms with van der Waals surface area (Å²) in [6.07, 6.45) is 2.70. The van der Waals surface area contributed by atoms with Gasteiger partial charge in [-0.3, -0.25) is 0 Å². The Bertz CT molecular complexity index is 392. The number of nitrogen functional groups attached to an aromatic ring is 1. The van der Waals surface area contributed by atoms with Gasteiger partial charge >= 0.3 is 0 Å². The van der Waals surface area contributed by atoms with E-state index in [9.17, 15) is 0 Å². The SMILES string of the molecule is CC(C)CCN(C)c1nccc(C#N)c1N. The maximum atomic E-state index is 8.87. The molecule has 2 N–H and O–H groups in total. The van der Waals surface area contributed by atoms with E-state index in [0.29, 0.717) is 23.0 Å². The molecule has 1 rings (SSSR count). The largest absolute Gasteiger partial charge is 0.395 e. The van der Waals surface area contributed by atoms with Crippen molar-refractivity contribution in [1.82, 2.24) is 4.98 Å². The number of aromatic nitrogens is 1. The van der Waals surface area contributed by atoms with Crippen molar-refractivity contribution < 1.29 is 0 Å². The third kappa shape index (κ3) is 2.86. The lowest BCUT2D eigenvalue weighted by Gasteiger charge is -2.20. The molecule has 0 aromatic carbocycles. The van der Waals surface area contributed by atoms with Crippen LogP contribution >= 0.6 is 0 Å². The van der Waals surface area contributed by atoms with Crippen LogP contribution in [-0.4, -0.2) is 18.6 Å². The summed E-state index contributed by atoms with van der Waals surface area (Å²) in [6.45, 7) is 5.25. The van der Waals surface area contributed by atoms with Crippen LogP contribution in [0.3, 0.4) is 0 Å². The maximum absolute atomic E-state index is 8.87. The Balaban J connectivity index is 2.84. The normalized spacial score (nSPS) is 10.2. The van der Waals surface area contributed by atoms with Gasteiger partial charge in [-0.2, -0.15) is 5.26 Å². The van der Waals surface area contributed by atoms with Gasteiger partial charge in [0.05, 0.1) is 11.3 Å². The first-order valence-electron chi connectivity index (χ1n) is 5.42. The van der Waals surface area contributed by atoms with Crippen LogP contribution in [0.5, 0.6) is 0 Å². The topological polar surface area (TPSA) is 65.9 Å². The van der Waals surface area contributed by atoms with E-state index >= 15 is 0 Å². The molecule has 1 heterocycles. The summed E-state index contributed by atoms with van der Waals surface area (Å²) < 4.78 is 0. The number of nitrogens with zero attached hydrogens (tertiary/aromatic N) is 3. The Hall–Kier alpha value is -1.76. The van der Waals surface area contributed by atoms with Crippen molar-refractivity contribution in [3.05, 3.63) is 17.8 Å². The highest BCUT2D eigenvalue weighted by molar-refractivity contribution is 5.69. The Morgan fingerprint density at radius 3 is 2.81 bits per heavy atom. The molecule has 0 unspecified atom stereocenters. The van der Waals surface area contributed by atoms with Gasteiger partial charge < -0.3 is 10.6 Å². The summed E-state index contributed by atoms with van der Waals surface area (Å²) in [5.74, 6) is 1.34. The molecule has 16 heavy (non-hydrogen) atoms. The van der Waals surface area contributed by atoms with Gasteiger partial charge in [0, 0.05) is 19.8 Å². The van der Waals surface area contributed by atoms with Crippen molar-refractivity contribution in [3.8, 4) is 6.07 Å². The number of nitriles is 1. The molecule has 0 amide bonds. The highest BCUT2D eigenvalue weighted by atomic mass is 15.2. The molecule has 0 aliphatic rings. The third-order valence-electron chi connectivity index (χ3n) is 2.49. The minimum atomic E-state index is 0.469. The van der Waals surface area contributed by atoms with Crippen LogP contribution in [0.2, 0.25) is 0 Å². The fraction of sp³-hybridized carbons (Fsp3) is 0.500. The zero-order chi connectivity index (χ0) is 12.1. The number of nitrogens with two attached hydrogens (primary N) is 1. The molecular formula is C12H18N4. The summed E-state index contributed by atoms with van der Waals surface area (Å²) in [6, 6.07) is 3.70. The van der Waals surface area contributed by atoms with Crippen LogP contribution in [0.4, 0.5) is 11.5 Å². The predicted octanol–water partition coefficient (Wildman–Crippen LogP) is 2.02. The Morgan fingerprint density at radius 2 is 2.25 bits per heavy atom. The first-order chi connectivity index (χ1) is 7.56. The zero-order valence-corrected chi connectivity index (χ0v) is 10.1. The second kappa shape index (κ2) is 5.36. The Labute approximate surface area is 96.7 Å². The van der Waals surface area contributed by atoms with E-state index in [2.05, 4.69) is 24.9 Å². The molecule has 0 saturated carbocycles. The fourth-order valence-electron chi connectivity index (χ4n) is 1.42. The van der Waals surface area contributed by atoms with Crippen molar-refractivity contribution in [2.24, 2.45) is 5.92 Å². The van der Waals surface area contributed by atoms with Crippen LogP contribution in [0, 0.1) is 17.2 Å². The van der Waals surface area contributed by atoms with Gasteiger partial charge in [-0.15, -0.1) is 0 Å². The molecule has 0 spiro atoms. The molecule has 0 atom stereocenters. The zero-order valence-electron chi connectivity index (χ0n) is 10.1. The van der Waals surface area contributed by atoms with E-state index in [-0.39, 0.29) is 0 Å². The number of anilines is 2. The summed E-state index contributed by atoms with van der Waals surface area (Å²) in [5, 5.41) is 8.87. The van der Waals surface area contributed by atoms with E-state index < -0.39 is 0 Å². The van der Waals surface area contributed by atoms with Gasteiger partial charge in [0.15, 0.2) is 5.82 Å². The lowest BCUT2D eigenvalue weighted by atomic mass is 10.1. The van der Waals surface area contributed by atoms with Gasteiger partial charge in [0.25, 0.3) is 0 Å². The predicted molar refractivity (Wildman–Crippen MR) is 66.1 cm³/mol. The van der Waals surface area contributed by atoms with Crippen molar-refractivity contribution >= 4 is 11.5 Å². The lowest BCUT2D eigenvalue weighted by Crippen LogP contribution is -2.22. The van der Waals surface area contributed by atoms with Crippen LogP contribution in [0.15, 0.2) is 12.3 Å². The van der Waals surface area contributed by atoms with E-state index in [4.69, 9.17) is 11.0 Å². The average molecular weight is 218 g/mol. The monoisotopic (exact) mass is 218 g/mol. The summed E-state index contributed by atoms with van der Waals surface area (Å²) in [5.41, 5.74) is 6.83. The smallest absolute Gasteiger partial charge is 0.152 e. The Morgan fingerprint density at radius 1 is 1.56 bits per heavy atom. The summed E-state index contributed by atoms with van der Waals surface area (Å²) in [4.78, 5) is 6.21. The second-order valence-corrected chi connectivity index (χ2v) is 4.31. The molecule has 0 radical (unpaired) electrons. The lowest BCUT2D eigenvalue weighted by molar-refractivity contribution is 0.584. The fourth-order valence-corrected chi connectivity index (χ4v) is 1.42. The van der Waals surface area contributed by atoms with E-state index in [1.165, 1.54) is 0 Å². The quantitative estimate of drug-likeness (QED) is 0.839. The number of rotatable bonds is 4. The molecule has 0 fully saturated rings. The van der Waals surface area contributed by atoms with E-state index in [1.807, 2.05) is 11.9 Å². The molecule has 1 aromatic rings. The van der Waals surface area contributed by atoms with Crippen molar-refractivity contribution in [3.63, 3.8) is 0 Å². The van der Waals surface area contributed by atoms with Crippen LogP contribution in [0.1, 0.15) is 25.8 Å². The van der Waals surface area contributed by atoms with Gasteiger partial charge in [-0.05, 0) is 18.4 Å².